The van der Waals surface area contributed by atoms with Gasteiger partial charge in [-0.15, -0.1) is 11.8 Å². The first-order valence-electron chi connectivity index (χ1n) is 9.20. The number of hydrogen-bond acceptors (Lipinski definition) is 5. The molecule has 31 heavy (non-hydrogen) atoms. The largest absolute Gasteiger partial charge is 0.416 e. The molecule has 0 spiro atoms. The first-order valence-corrected chi connectivity index (χ1v) is 12.2. The number of halogens is 4. The van der Waals surface area contributed by atoms with Crippen LogP contribution < -0.4 is 0 Å². The van der Waals surface area contributed by atoms with Crippen molar-refractivity contribution in [3.05, 3.63) is 58.9 Å². The number of pyridine rings is 1. The van der Waals surface area contributed by atoms with E-state index in [1.54, 1.807) is 17.3 Å². The molecule has 1 amide bonds. The Morgan fingerprint density at radius 2 is 1.87 bits per heavy atom. The number of rotatable bonds is 6. The van der Waals surface area contributed by atoms with Crippen molar-refractivity contribution in [3.63, 3.8) is 0 Å². The Hall–Kier alpha value is -1.82. The summed E-state index contributed by atoms with van der Waals surface area (Å²) >= 11 is 7.32. The van der Waals surface area contributed by atoms with E-state index in [-0.39, 0.29) is 42.9 Å². The summed E-state index contributed by atoms with van der Waals surface area (Å²) in [5.74, 6) is 0.742. The van der Waals surface area contributed by atoms with E-state index < -0.39 is 26.7 Å². The highest BCUT2D eigenvalue weighted by Gasteiger charge is 2.35. The van der Waals surface area contributed by atoms with Crippen LogP contribution in [-0.4, -0.2) is 60.4 Å². The minimum absolute atomic E-state index is 0.0199. The highest BCUT2D eigenvalue weighted by Crippen LogP contribution is 2.34. The molecule has 2 heterocycles. The second-order valence-corrected chi connectivity index (χ2v) is 10.1. The topological polar surface area (TPSA) is 70.6 Å². The van der Waals surface area contributed by atoms with Gasteiger partial charge in [0, 0.05) is 44.3 Å². The van der Waals surface area contributed by atoms with E-state index in [9.17, 15) is 26.4 Å². The van der Waals surface area contributed by atoms with Gasteiger partial charge in [0.05, 0.1) is 16.3 Å². The van der Waals surface area contributed by atoms with Crippen molar-refractivity contribution < 1.29 is 26.4 Å². The Balaban J connectivity index is 1.59. The van der Waals surface area contributed by atoms with E-state index in [0.29, 0.717) is 11.8 Å². The van der Waals surface area contributed by atoms with Gasteiger partial charge >= 0.3 is 6.18 Å². The molecule has 12 heteroatoms. The van der Waals surface area contributed by atoms with Crippen LogP contribution in [0.1, 0.15) is 11.1 Å². The molecular formula is C19H19ClF3N3O3S2. The Labute approximate surface area is 187 Å². The van der Waals surface area contributed by atoms with Crippen LogP contribution in [0.3, 0.4) is 0 Å². The maximum absolute atomic E-state index is 13.0. The lowest BCUT2D eigenvalue weighted by atomic mass is 10.2. The van der Waals surface area contributed by atoms with E-state index in [1.807, 2.05) is 12.1 Å². The maximum Gasteiger partial charge on any atom is 0.416 e. The molecule has 1 aliphatic heterocycles. The molecule has 0 saturated carbocycles. The summed E-state index contributed by atoms with van der Waals surface area (Å²) in [4.78, 5) is 17.4. The van der Waals surface area contributed by atoms with Crippen molar-refractivity contribution in [1.29, 1.82) is 0 Å². The van der Waals surface area contributed by atoms with Crippen molar-refractivity contribution >= 4 is 39.3 Å². The van der Waals surface area contributed by atoms with Gasteiger partial charge in [-0.1, -0.05) is 17.7 Å². The lowest BCUT2D eigenvalue weighted by Gasteiger charge is -2.34. The molecule has 0 bridgehead atoms. The second kappa shape index (κ2) is 9.76. The third kappa shape index (κ3) is 5.91. The molecule has 0 radical (unpaired) electrons. The SMILES string of the molecule is O=C(CSCc1cccnc1)N1CCN(S(=O)(=O)c2cc(C(F)(F)F)ccc2Cl)CC1. The molecule has 6 nitrogen and oxygen atoms in total. The lowest BCUT2D eigenvalue weighted by molar-refractivity contribution is -0.137. The average Bonchev–Trinajstić information content (AvgIpc) is 2.74. The van der Waals surface area contributed by atoms with Gasteiger partial charge in [0.25, 0.3) is 0 Å². The van der Waals surface area contributed by atoms with Crippen LogP contribution in [0.5, 0.6) is 0 Å². The zero-order valence-corrected chi connectivity index (χ0v) is 18.6. The summed E-state index contributed by atoms with van der Waals surface area (Å²) in [6, 6.07) is 5.93. The molecule has 1 aromatic heterocycles. The quantitative estimate of drug-likeness (QED) is 0.616. The predicted octanol–water partition coefficient (Wildman–Crippen LogP) is 3.52. The molecular weight excluding hydrogens is 475 g/mol. The number of piperazine rings is 1. The number of carbonyl (C=O) groups excluding carboxylic acids is 1. The average molecular weight is 494 g/mol. The molecule has 0 N–H and O–H groups in total. The summed E-state index contributed by atoms with van der Waals surface area (Å²) in [6.07, 6.45) is -1.30. The Kier molecular flexibility index (Phi) is 7.51. The predicted molar refractivity (Wildman–Crippen MR) is 112 cm³/mol. The van der Waals surface area contributed by atoms with Gasteiger partial charge in [-0.2, -0.15) is 17.5 Å². The third-order valence-corrected chi connectivity index (χ3v) is 8.05. The fourth-order valence-corrected chi connectivity index (χ4v) is 5.81. The molecule has 168 valence electrons. The molecule has 1 fully saturated rings. The van der Waals surface area contributed by atoms with Crippen molar-refractivity contribution in [1.82, 2.24) is 14.2 Å². The molecule has 1 saturated heterocycles. The minimum atomic E-state index is -4.69. The smallest absolute Gasteiger partial charge is 0.339 e. The van der Waals surface area contributed by atoms with Gasteiger partial charge in [-0.25, -0.2) is 8.42 Å². The van der Waals surface area contributed by atoms with Gasteiger partial charge in [0.2, 0.25) is 15.9 Å². The van der Waals surface area contributed by atoms with Crippen LogP contribution in [0.4, 0.5) is 13.2 Å². The van der Waals surface area contributed by atoms with Crippen molar-refractivity contribution in [3.8, 4) is 0 Å². The summed E-state index contributed by atoms with van der Waals surface area (Å²) in [5, 5.41) is -0.279. The van der Waals surface area contributed by atoms with Gasteiger partial charge in [0.15, 0.2) is 0 Å². The minimum Gasteiger partial charge on any atom is -0.339 e. The zero-order chi connectivity index (χ0) is 22.6. The summed E-state index contributed by atoms with van der Waals surface area (Å²) in [7, 11) is -4.23. The van der Waals surface area contributed by atoms with Gasteiger partial charge in [-0.3, -0.25) is 9.78 Å². The van der Waals surface area contributed by atoms with E-state index >= 15 is 0 Å². The highest BCUT2D eigenvalue weighted by atomic mass is 35.5. The fraction of sp³-hybridized carbons (Fsp3) is 0.368. The monoisotopic (exact) mass is 493 g/mol. The first-order chi connectivity index (χ1) is 14.6. The second-order valence-electron chi connectivity index (χ2n) is 6.78. The first kappa shape index (κ1) is 23.8. The summed E-state index contributed by atoms with van der Waals surface area (Å²) in [6.45, 7) is 0.270. The molecule has 1 aliphatic rings. The molecule has 0 atom stereocenters. The number of thioether (sulfide) groups is 1. The normalized spacial score (nSPS) is 15.8. The number of sulfonamides is 1. The lowest BCUT2D eigenvalue weighted by Crippen LogP contribution is -2.51. The summed E-state index contributed by atoms with van der Waals surface area (Å²) < 4.78 is 65.7. The Morgan fingerprint density at radius 3 is 2.48 bits per heavy atom. The van der Waals surface area contributed by atoms with E-state index in [1.165, 1.54) is 11.8 Å². The Bertz CT molecular complexity index is 1030. The number of nitrogens with zero attached hydrogens (tertiary/aromatic N) is 3. The van der Waals surface area contributed by atoms with Gasteiger partial charge in [0.1, 0.15) is 4.90 Å². The van der Waals surface area contributed by atoms with Gasteiger partial charge < -0.3 is 4.90 Å². The number of alkyl halides is 3. The number of amides is 1. The molecule has 3 rings (SSSR count). The Morgan fingerprint density at radius 1 is 1.16 bits per heavy atom. The fourth-order valence-electron chi connectivity index (χ4n) is 3.03. The third-order valence-electron chi connectivity index (χ3n) is 4.68. The van der Waals surface area contributed by atoms with Crippen LogP contribution >= 0.6 is 23.4 Å². The molecule has 2 aromatic rings. The van der Waals surface area contributed by atoms with E-state index in [4.69, 9.17) is 11.6 Å². The zero-order valence-electron chi connectivity index (χ0n) is 16.2. The van der Waals surface area contributed by atoms with Crippen LogP contribution in [0, 0.1) is 0 Å². The van der Waals surface area contributed by atoms with Crippen LogP contribution in [0.2, 0.25) is 5.02 Å². The highest BCUT2D eigenvalue weighted by molar-refractivity contribution is 7.99. The van der Waals surface area contributed by atoms with Gasteiger partial charge in [-0.05, 0) is 29.8 Å². The molecule has 0 aliphatic carbocycles. The number of hydrogen-bond donors (Lipinski definition) is 0. The van der Waals surface area contributed by atoms with Crippen molar-refractivity contribution in [2.24, 2.45) is 0 Å². The van der Waals surface area contributed by atoms with E-state index in [0.717, 1.165) is 22.0 Å². The molecule has 0 unspecified atom stereocenters. The number of benzene rings is 1. The maximum atomic E-state index is 13.0. The summed E-state index contributed by atoms with van der Waals surface area (Å²) in [5.41, 5.74) is -0.0934. The standard InChI is InChI=1S/C19H19ClF3N3O3S2/c20-16-4-3-15(19(21,22)23)10-17(16)31(28,29)26-8-6-25(7-9-26)18(27)13-30-12-14-2-1-5-24-11-14/h1-5,10-11H,6-9,12-13H2. The van der Waals surface area contributed by atoms with E-state index in [2.05, 4.69) is 4.98 Å². The van der Waals surface area contributed by atoms with Crippen molar-refractivity contribution in [2.75, 3.05) is 31.9 Å². The van der Waals surface area contributed by atoms with Crippen LogP contribution in [-0.2, 0) is 26.7 Å². The number of carbonyl (C=O) groups is 1. The molecule has 1 aromatic carbocycles. The van der Waals surface area contributed by atoms with Crippen LogP contribution in [0.25, 0.3) is 0 Å². The number of aromatic nitrogens is 1. The van der Waals surface area contributed by atoms with Crippen LogP contribution in [0.15, 0.2) is 47.6 Å². The van der Waals surface area contributed by atoms with Crippen molar-refractivity contribution in [2.45, 2.75) is 16.8 Å².